The molecule has 0 heterocycles. The van der Waals surface area contributed by atoms with Crippen molar-refractivity contribution in [3.63, 3.8) is 0 Å². The zero-order valence-corrected chi connectivity index (χ0v) is 7.96. The number of benzene rings is 1. The molecule has 72 valence electrons. The molecule has 1 unspecified atom stereocenters. The molecule has 1 rings (SSSR count). The van der Waals surface area contributed by atoms with Gasteiger partial charge in [0, 0.05) is 6.04 Å². The Hall–Kier alpha value is -0.890. The molecule has 0 aliphatic rings. The predicted octanol–water partition coefficient (Wildman–Crippen LogP) is 2.70. The van der Waals surface area contributed by atoms with Gasteiger partial charge in [0.05, 0.1) is 6.67 Å². The van der Waals surface area contributed by atoms with E-state index >= 15 is 0 Å². The summed E-state index contributed by atoms with van der Waals surface area (Å²) in [4.78, 5) is 0. The molecule has 0 amide bonds. The Balaban J connectivity index is 2.35. The summed E-state index contributed by atoms with van der Waals surface area (Å²) >= 11 is 0. The fourth-order valence-electron chi connectivity index (χ4n) is 1.24. The number of halogens is 1. The fourth-order valence-corrected chi connectivity index (χ4v) is 1.24. The lowest BCUT2D eigenvalue weighted by Crippen LogP contribution is -2.20. The first-order chi connectivity index (χ1) is 6.34. The largest absolute Gasteiger partial charge is 0.310 e. The standard InChI is InChI=1S/C11H16FN/c1-10(13-9-5-8-12)11-6-3-2-4-7-11/h2-4,6-7,10,13H,5,8-9H2,1H3. The molecular weight excluding hydrogens is 165 g/mol. The summed E-state index contributed by atoms with van der Waals surface area (Å²) in [6.45, 7) is 2.59. The quantitative estimate of drug-likeness (QED) is 0.689. The van der Waals surface area contributed by atoms with Crippen LogP contribution in [0.4, 0.5) is 4.39 Å². The third-order valence-electron chi connectivity index (χ3n) is 2.06. The van der Waals surface area contributed by atoms with Crippen molar-refractivity contribution in [1.82, 2.24) is 5.32 Å². The van der Waals surface area contributed by atoms with Crippen LogP contribution in [-0.4, -0.2) is 13.2 Å². The number of rotatable bonds is 5. The topological polar surface area (TPSA) is 12.0 Å². The van der Waals surface area contributed by atoms with Gasteiger partial charge in [-0.3, -0.25) is 4.39 Å². The fraction of sp³-hybridized carbons (Fsp3) is 0.455. The lowest BCUT2D eigenvalue weighted by Gasteiger charge is -2.13. The molecule has 1 aromatic rings. The van der Waals surface area contributed by atoms with Gasteiger partial charge in [-0.05, 0) is 25.5 Å². The molecule has 13 heavy (non-hydrogen) atoms. The van der Waals surface area contributed by atoms with Crippen LogP contribution < -0.4 is 5.32 Å². The van der Waals surface area contributed by atoms with Crippen LogP contribution in [0.1, 0.15) is 24.9 Å². The summed E-state index contributed by atoms with van der Waals surface area (Å²) < 4.78 is 11.8. The van der Waals surface area contributed by atoms with Gasteiger partial charge in [-0.25, -0.2) is 0 Å². The molecule has 0 aliphatic heterocycles. The highest BCUT2D eigenvalue weighted by atomic mass is 19.1. The normalized spacial score (nSPS) is 12.8. The van der Waals surface area contributed by atoms with Crippen molar-refractivity contribution in [3.05, 3.63) is 35.9 Å². The van der Waals surface area contributed by atoms with E-state index in [0.717, 1.165) is 6.54 Å². The monoisotopic (exact) mass is 181 g/mol. The molecule has 0 fully saturated rings. The maximum atomic E-state index is 11.8. The van der Waals surface area contributed by atoms with Gasteiger partial charge in [-0.15, -0.1) is 0 Å². The molecule has 0 spiro atoms. The van der Waals surface area contributed by atoms with Gasteiger partial charge in [-0.1, -0.05) is 30.3 Å². The Morgan fingerprint density at radius 3 is 2.62 bits per heavy atom. The lowest BCUT2D eigenvalue weighted by atomic mass is 10.1. The van der Waals surface area contributed by atoms with E-state index in [0.29, 0.717) is 12.5 Å². The Kier molecular flexibility index (Phi) is 4.47. The molecule has 0 bridgehead atoms. The van der Waals surface area contributed by atoms with E-state index in [-0.39, 0.29) is 6.67 Å². The van der Waals surface area contributed by atoms with Gasteiger partial charge in [0.1, 0.15) is 0 Å². The second-order valence-corrected chi connectivity index (χ2v) is 3.13. The minimum absolute atomic E-state index is 0.242. The van der Waals surface area contributed by atoms with Gasteiger partial charge in [0.25, 0.3) is 0 Å². The summed E-state index contributed by atoms with van der Waals surface area (Å²) in [5.41, 5.74) is 1.25. The van der Waals surface area contributed by atoms with Crippen molar-refractivity contribution in [2.45, 2.75) is 19.4 Å². The van der Waals surface area contributed by atoms with E-state index in [1.807, 2.05) is 18.2 Å². The highest BCUT2D eigenvalue weighted by Gasteiger charge is 2.01. The van der Waals surface area contributed by atoms with Crippen LogP contribution in [0.3, 0.4) is 0 Å². The molecule has 1 atom stereocenters. The Bertz CT molecular complexity index is 223. The van der Waals surface area contributed by atoms with E-state index in [9.17, 15) is 4.39 Å². The minimum Gasteiger partial charge on any atom is -0.310 e. The van der Waals surface area contributed by atoms with Gasteiger partial charge in [0.15, 0.2) is 0 Å². The molecule has 1 aromatic carbocycles. The van der Waals surface area contributed by atoms with Crippen LogP contribution >= 0.6 is 0 Å². The van der Waals surface area contributed by atoms with Crippen molar-refractivity contribution in [2.24, 2.45) is 0 Å². The van der Waals surface area contributed by atoms with Crippen molar-refractivity contribution in [2.75, 3.05) is 13.2 Å². The van der Waals surface area contributed by atoms with Gasteiger partial charge in [0.2, 0.25) is 0 Å². The van der Waals surface area contributed by atoms with Gasteiger partial charge >= 0.3 is 0 Å². The number of alkyl halides is 1. The van der Waals surface area contributed by atoms with Gasteiger partial charge in [-0.2, -0.15) is 0 Å². The average molecular weight is 181 g/mol. The van der Waals surface area contributed by atoms with Crippen LogP contribution in [0.25, 0.3) is 0 Å². The van der Waals surface area contributed by atoms with Crippen molar-refractivity contribution >= 4 is 0 Å². The van der Waals surface area contributed by atoms with Crippen molar-refractivity contribution in [3.8, 4) is 0 Å². The van der Waals surface area contributed by atoms with Crippen LogP contribution in [-0.2, 0) is 0 Å². The van der Waals surface area contributed by atoms with Crippen molar-refractivity contribution in [1.29, 1.82) is 0 Å². The minimum atomic E-state index is -0.242. The third kappa shape index (κ3) is 3.55. The second kappa shape index (κ2) is 5.70. The molecule has 1 nitrogen and oxygen atoms in total. The van der Waals surface area contributed by atoms with Gasteiger partial charge < -0.3 is 5.32 Å². The molecular formula is C11H16FN. The SMILES string of the molecule is CC(NCCCF)c1ccccc1. The summed E-state index contributed by atoms with van der Waals surface area (Å²) in [5, 5.41) is 3.26. The zero-order valence-electron chi connectivity index (χ0n) is 7.96. The van der Waals surface area contributed by atoms with Crippen molar-refractivity contribution < 1.29 is 4.39 Å². The van der Waals surface area contributed by atoms with E-state index in [4.69, 9.17) is 0 Å². The number of hydrogen-bond donors (Lipinski definition) is 1. The van der Waals surface area contributed by atoms with E-state index < -0.39 is 0 Å². The van der Waals surface area contributed by atoms with E-state index in [1.54, 1.807) is 0 Å². The molecule has 1 N–H and O–H groups in total. The number of hydrogen-bond acceptors (Lipinski definition) is 1. The first-order valence-electron chi connectivity index (χ1n) is 4.69. The average Bonchev–Trinajstić information content (AvgIpc) is 2.19. The van der Waals surface area contributed by atoms with Crippen LogP contribution in [0.15, 0.2) is 30.3 Å². The Labute approximate surface area is 79.0 Å². The predicted molar refractivity (Wildman–Crippen MR) is 53.5 cm³/mol. The van der Waals surface area contributed by atoms with Crippen LogP contribution in [0, 0.1) is 0 Å². The molecule has 0 radical (unpaired) electrons. The Morgan fingerprint density at radius 1 is 1.31 bits per heavy atom. The maximum Gasteiger partial charge on any atom is 0.0906 e. The summed E-state index contributed by atoms with van der Waals surface area (Å²) in [6.07, 6.45) is 0.594. The molecule has 0 aromatic heterocycles. The summed E-state index contributed by atoms with van der Waals surface area (Å²) in [7, 11) is 0. The highest BCUT2D eigenvalue weighted by molar-refractivity contribution is 5.17. The lowest BCUT2D eigenvalue weighted by molar-refractivity contribution is 0.446. The first kappa shape index (κ1) is 10.2. The maximum absolute atomic E-state index is 11.8. The zero-order chi connectivity index (χ0) is 9.52. The second-order valence-electron chi connectivity index (χ2n) is 3.13. The van der Waals surface area contributed by atoms with Crippen LogP contribution in [0.2, 0.25) is 0 Å². The summed E-state index contributed by atoms with van der Waals surface area (Å²) in [5.74, 6) is 0. The Morgan fingerprint density at radius 2 is 2.00 bits per heavy atom. The molecule has 0 saturated carbocycles. The first-order valence-corrected chi connectivity index (χ1v) is 4.69. The smallest absolute Gasteiger partial charge is 0.0906 e. The third-order valence-corrected chi connectivity index (χ3v) is 2.06. The molecule has 0 saturated heterocycles. The van der Waals surface area contributed by atoms with E-state index in [1.165, 1.54) is 5.56 Å². The molecule has 2 heteroatoms. The number of nitrogens with one attached hydrogen (secondary N) is 1. The summed E-state index contributed by atoms with van der Waals surface area (Å²) in [6, 6.07) is 10.5. The highest BCUT2D eigenvalue weighted by Crippen LogP contribution is 2.10. The van der Waals surface area contributed by atoms with E-state index in [2.05, 4.69) is 24.4 Å². The molecule has 0 aliphatic carbocycles. The van der Waals surface area contributed by atoms with Crippen LogP contribution in [0.5, 0.6) is 0 Å².